The molecule has 1 fully saturated rings. The van der Waals surface area contributed by atoms with Gasteiger partial charge in [0, 0.05) is 26.2 Å². The van der Waals surface area contributed by atoms with Crippen LogP contribution in [0.2, 0.25) is 0 Å². The van der Waals surface area contributed by atoms with E-state index in [1.807, 2.05) is 0 Å². The zero-order valence-corrected chi connectivity index (χ0v) is 14.3. The minimum atomic E-state index is -0.110. The molecule has 1 heterocycles. The fourth-order valence-corrected chi connectivity index (χ4v) is 2.82. The minimum Gasteiger partial charge on any atom is -0.493 e. The number of ether oxygens (including phenoxy) is 2. The number of carbonyl (C=O) groups excluding carboxylic acids is 2. The molecule has 0 aliphatic carbocycles. The van der Waals surface area contributed by atoms with Crippen molar-refractivity contribution >= 4 is 27.7 Å². The summed E-state index contributed by atoms with van der Waals surface area (Å²) in [7, 11) is 3.05. The summed E-state index contributed by atoms with van der Waals surface area (Å²) in [6.45, 7) is 2.11. The zero-order valence-electron chi connectivity index (χ0n) is 12.7. The molecule has 2 rings (SSSR count). The van der Waals surface area contributed by atoms with Crippen molar-refractivity contribution in [2.45, 2.75) is 0 Å². The SMILES string of the molecule is COc1cccc(C(=O)N2CCN(C(=O)CBr)CC2)c1OC. The summed E-state index contributed by atoms with van der Waals surface area (Å²) < 4.78 is 10.5. The largest absolute Gasteiger partial charge is 0.493 e. The van der Waals surface area contributed by atoms with Gasteiger partial charge >= 0.3 is 0 Å². The van der Waals surface area contributed by atoms with Crippen LogP contribution in [0.25, 0.3) is 0 Å². The Hall–Kier alpha value is -1.76. The van der Waals surface area contributed by atoms with Gasteiger partial charge in [-0.25, -0.2) is 0 Å². The maximum Gasteiger partial charge on any atom is 0.257 e. The molecule has 0 saturated carbocycles. The van der Waals surface area contributed by atoms with E-state index in [0.717, 1.165) is 0 Å². The first kappa shape index (κ1) is 16.6. The van der Waals surface area contributed by atoms with Crippen molar-refractivity contribution in [1.29, 1.82) is 0 Å². The number of hydrogen-bond donors (Lipinski definition) is 0. The first-order chi connectivity index (χ1) is 10.6. The summed E-state index contributed by atoms with van der Waals surface area (Å²) >= 11 is 3.16. The van der Waals surface area contributed by atoms with Crippen LogP contribution in [0.15, 0.2) is 18.2 Å². The molecule has 0 N–H and O–H groups in total. The topological polar surface area (TPSA) is 59.1 Å². The highest BCUT2D eigenvalue weighted by Gasteiger charge is 2.26. The molecule has 1 aromatic rings. The molecular weight excluding hydrogens is 352 g/mol. The number of para-hydroxylation sites is 1. The van der Waals surface area contributed by atoms with Gasteiger partial charge in [0.15, 0.2) is 11.5 Å². The number of hydrogen-bond acceptors (Lipinski definition) is 4. The van der Waals surface area contributed by atoms with Crippen molar-refractivity contribution in [3.05, 3.63) is 23.8 Å². The van der Waals surface area contributed by atoms with E-state index in [1.165, 1.54) is 14.2 Å². The Balaban J connectivity index is 2.12. The molecule has 0 unspecified atom stereocenters. The minimum absolute atomic E-state index is 0.0473. The molecular formula is C15H19BrN2O4. The van der Waals surface area contributed by atoms with E-state index in [1.54, 1.807) is 28.0 Å². The predicted molar refractivity (Wildman–Crippen MR) is 85.8 cm³/mol. The molecule has 0 atom stereocenters. The van der Waals surface area contributed by atoms with Gasteiger partial charge in [0.05, 0.1) is 25.1 Å². The Labute approximate surface area is 138 Å². The molecule has 22 heavy (non-hydrogen) atoms. The molecule has 0 bridgehead atoms. The fourth-order valence-electron chi connectivity index (χ4n) is 2.47. The van der Waals surface area contributed by atoms with Crippen LogP contribution in [-0.4, -0.2) is 67.3 Å². The third kappa shape index (κ3) is 3.35. The van der Waals surface area contributed by atoms with E-state index in [0.29, 0.717) is 48.6 Å². The number of rotatable bonds is 4. The Bertz CT molecular complexity index is 556. The summed E-state index contributed by atoms with van der Waals surface area (Å²) in [4.78, 5) is 27.8. The highest BCUT2D eigenvalue weighted by atomic mass is 79.9. The van der Waals surface area contributed by atoms with E-state index in [-0.39, 0.29) is 11.8 Å². The van der Waals surface area contributed by atoms with Gasteiger partial charge in [0.2, 0.25) is 5.91 Å². The van der Waals surface area contributed by atoms with Crippen LogP contribution in [0.3, 0.4) is 0 Å². The van der Waals surface area contributed by atoms with Crippen molar-refractivity contribution in [3.8, 4) is 11.5 Å². The molecule has 1 saturated heterocycles. The van der Waals surface area contributed by atoms with Crippen molar-refractivity contribution in [2.24, 2.45) is 0 Å². The Morgan fingerprint density at radius 2 is 1.73 bits per heavy atom. The highest BCUT2D eigenvalue weighted by Crippen LogP contribution is 2.31. The zero-order chi connectivity index (χ0) is 16.1. The fraction of sp³-hybridized carbons (Fsp3) is 0.467. The van der Waals surface area contributed by atoms with Crippen LogP contribution >= 0.6 is 15.9 Å². The second-order valence-corrected chi connectivity index (χ2v) is 5.41. The van der Waals surface area contributed by atoms with E-state index in [2.05, 4.69) is 15.9 Å². The van der Waals surface area contributed by atoms with E-state index in [4.69, 9.17) is 9.47 Å². The van der Waals surface area contributed by atoms with Crippen molar-refractivity contribution in [1.82, 2.24) is 9.80 Å². The lowest BCUT2D eigenvalue weighted by molar-refractivity contribution is -0.129. The summed E-state index contributed by atoms with van der Waals surface area (Å²) in [5, 5.41) is 0.310. The molecule has 0 aromatic heterocycles. The maximum absolute atomic E-state index is 12.7. The molecule has 6 nitrogen and oxygen atoms in total. The lowest BCUT2D eigenvalue weighted by Crippen LogP contribution is -2.51. The van der Waals surface area contributed by atoms with Gasteiger partial charge in [0.25, 0.3) is 5.91 Å². The lowest BCUT2D eigenvalue weighted by Gasteiger charge is -2.34. The summed E-state index contributed by atoms with van der Waals surface area (Å²) in [5.74, 6) is 0.906. The second-order valence-electron chi connectivity index (χ2n) is 4.85. The molecule has 7 heteroatoms. The number of benzene rings is 1. The summed E-state index contributed by atoms with van der Waals surface area (Å²) in [6.07, 6.45) is 0. The van der Waals surface area contributed by atoms with Gasteiger partial charge in [-0.1, -0.05) is 22.0 Å². The molecule has 1 aliphatic rings. The summed E-state index contributed by atoms with van der Waals surface area (Å²) in [6, 6.07) is 5.24. The third-order valence-corrected chi connectivity index (χ3v) is 4.15. The normalized spacial score (nSPS) is 14.7. The lowest BCUT2D eigenvalue weighted by atomic mass is 10.1. The number of halogens is 1. The van der Waals surface area contributed by atoms with Gasteiger partial charge in [-0.15, -0.1) is 0 Å². The maximum atomic E-state index is 12.7. The monoisotopic (exact) mass is 370 g/mol. The number of alkyl halides is 1. The average molecular weight is 371 g/mol. The average Bonchev–Trinajstić information content (AvgIpc) is 2.59. The quantitative estimate of drug-likeness (QED) is 0.751. The number of piperazine rings is 1. The van der Waals surface area contributed by atoms with Crippen LogP contribution < -0.4 is 9.47 Å². The van der Waals surface area contributed by atoms with Gasteiger partial charge in [0.1, 0.15) is 0 Å². The number of amides is 2. The van der Waals surface area contributed by atoms with E-state index < -0.39 is 0 Å². The van der Waals surface area contributed by atoms with Crippen LogP contribution in [-0.2, 0) is 4.79 Å². The highest BCUT2D eigenvalue weighted by molar-refractivity contribution is 9.09. The van der Waals surface area contributed by atoms with Gasteiger partial charge in [-0.3, -0.25) is 9.59 Å². The number of nitrogens with zero attached hydrogens (tertiary/aromatic N) is 2. The van der Waals surface area contributed by atoms with Gasteiger partial charge in [-0.2, -0.15) is 0 Å². The van der Waals surface area contributed by atoms with Crippen LogP contribution in [0.4, 0.5) is 0 Å². The number of methoxy groups -OCH3 is 2. The van der Waals surface area contributed by atoms with Gasteiger partial charge in [-0.05, 0) is 12.1 Å². The van der Waals surface area contributed by atoms with Gasteiger partial charge < -0.3 is 19.3 Å². The molecule has 0 spiro atoms. The Morgan fingerprint density at radius 1 is 1.09 bits per heavy atom. The first-order valence-corrected chi connectivity index (χ1v) is 8.08. The molecule has 2 amide bonds. The molecule has 120 valence electrons. The standard InChI is InChI=1S/C15H19BrN2O4/c1-21-12-5-3-4-11(14(12)22-2)15(20)18-8-6-17(7-9-18)13(19)10-16/h3-5H,6-10H2,1-2H3. The van der Waals surface area contributed by atoms with Crippen LogP contribution in [0, 0.1) is 0 Å². The smallest absolute Gasteiger partial charge is 0.257 e. The molecule has 1 aliphatic heterocycles. The molecule has 0 radical (unpaired) electrons. The van der Waals surface area contributed by atoms with Crippen LogP contribution in [0.5, 0.6) is 11.5 Å². The predicted octanol–water partition coefficient (Wildman–Crippen LogP) is 1.38. The van der Waals surface area contributed by atoms with E-state index in [9.17, 15) is 9.59 Å². The van der Waals surface area contributed by atoms with Crippen molar-refractivity contribution < 1.29 is 19.1 Å². The molecule has 1 aromatic carbocycles. The Kier molecular flexibility index (Phi) is 5.65. The number of carbonyl (C=O) groups is 2. The summed E-state index contributed by atoms with van der Waals surface area (Å²) in [5.41, 5.74) is 0.474. The van der Waals surface area contributed by atoms with Crippen molar-refractivity contribution in [2.75, 3.05) is 45.7 Å². The van der Waals surface area contributed by atoms with Crippen molar-refractivity contribution in [3.63, 3.8) is 0 Å². The first-order valence-electron chi connectivity index (χ1n) is 6.96. The van der Waals surface area contributed by atoms with E-state index >= 15 is 0 Å². The van der Waals surface area contributed by atoms with Crippen LogP contribution in [0.1, 0.15) is 10.4 Å². The third-order valence-electron chi connectivity index (χ3n) is 3.67. The second kappa shape index (κ2) is 7.49. The Morgan fingerprint density at radius 3 is 2.27 bits per heavy atom.